The number of ether oxygens (including phenoxy) is 1. The maximum atomic E-state index is 6.37. The molecule has 0 aromatic heterocycles. The van der Waals surface area contributed by atoms with E-state index in [-0.39, 0.29) is 6.04 Å². The summed E-state index contributed by atoms with van der Waals surface area (Å²) in [4.78, 5) is 2.44. The Morgan fingerprint density at radius 2 is 1.95 bits per heavy atom. The van der Waals surface area contributed by atoms with Crippen LogP contribution in [0, 0.1) is 0 Å². The Morgan fingerprint density at radius 3 is 2.76 bits per heavy atom. The van der Waals surface area contributed by atoms with Crippen LogP contribution in [0.5, 0.6) is 5.75 Å². The van der Waals surface area contributed by atoms with Crippen LogP contribution in [0.25, 0.3) is 0 Å². The van der Waals surface area contributed by atoms with Gasteiger partial charge >= 0.3 is 0 Å². The van der Waals surface area contributed by atoms with Gasteiger partial charge in [-0.05, 0) is 35.2 Å². The minimum atomic E-state index is 0.0189. The van der Waals surface area contributed by atoms with Crippen LogP contribution in [0.3, 0.4) is 0 Å². The van der Waals surface area contributed by atoms with Gasteiger partial charge in [-0.25, -0.2) is 0 Å². The minimum absolute atomic E-state index is 0.0189. The van der Waals surface area contributed by atoms with Gasteiger partial charge in [0.1, 0.15) is 5.75 Å². The molecule has 110 valence electrons. The van der Waals surface area contributed by atoms with Crippen LogP contribution < -0.4 is 10.5 Å². The molecule has 3 rings (SSSR count). The van der Waals surface area contributed by atoms with Gasteiger partial charge in [0.25, 0.3) is 0 Å². The zero-order valence-electron chi connectivity index (χ0n) is 12.5. The molecule has 0 amide bonds. The van der Waals surface area contributed by atoms with Gasteiger partial charge in [0.2, 0.25) is 0 Å². The number of nitrogens with zero attached hydrogens (tertiary/aromatic N) is 1. The number of methoxy groups -OCH3 is 1. The van der Waals surface area contributed by atoms with E-state index in [4.69, 9.17) is 10.5 Å². The normalized spacial score (nSPS) is 16.3. The zero-order chi connectivity index (χ0) is 14.7. The maximum absolute atomic E-state index is 6.37. The van der Waals surface area contributed by atoms with Gasteiger partial charge in [-0.2, -0.15) is 0 Å². The highest BCUT2D eigenvalue weighted by atomic mass is 16.5. The molecule has 1 atom stereocenters. The molecule has 0 spiro atoms. The van der Waals surface area contributed by atoms with Crippen molar-refractivity contribution in [2.24, 2.45) is 5.73 Å². The van der Waals surface area contributed by atoms with Crippen LogP contribution >= 0.6 is 0 Å². The highest BCUT2D eigenvalue weighted by molar-refractivity contribution is 5.31. The van der Waals surface area contributed by atoms with Gasteiger partial charge in [0, 0.05) is 25.7 Å². The van der Waals surface area contributed by atoms with Crippen LogP contribution in [0.15, 0.2) is 48.5 Å². The van der Waals surface area contributed by atoms with Crippen molar-refractivity contribution in [3.05, 3.63) is 65.2 Å². The van der Waals surface area contributed by atoms with Gasteiger partial charge in [0.05, 0.1) is 7.11 Å². The number of hydrogen-bond donors (Lipinski definition) is 1. The summed E-state index contributed by atoms with van der Waals surface area (Å²) in [5.41, 5.74) is 10.4. The smallest absolute Gasteiger partial charge is 0.119 e. The number of fused-ring (bicyclic) bond motifs is 1. The van der Waals surface area contributed by atoms with E-state index < -0.39 is 0 Å². The van der Waals surface area contributed by atoms with E-state index in [2.05, 4.69) is 35.2 Å². The lowest BCUT2D eigenvalue weighted by Gasteiger charge is -2.30. The molecule has 3 nitrogen and oxygen atoms in total. The van der Waals surface area contributed by atoms with Crippen molar-refractivity contribution in [3.63, 3.8) is 0 Å². The van der Waals surface area contributed by atoms with Crippen LogP contribution in [0.2, 0.25) is 0 Å². The predicted octanol–water partition coefficient (Wildman–Crippen LogP) is 2.75. The van der Waals surface area contributed by atoms with Crippen LogP contribution in [0.1, 0.15) is 22.7 Å². The van der Waals surface area contributed by atoms with E-state index in [0.29, 0.717) is 0 Å². The average molecular weight is 282 g/mol. The number of rotatable bonds is 4. The van der Waals surface area contributed by atoms with E-state index in [1.807, 2.05) is 18.2 Å². The lowest BCUT2D eigenvalue weighted by Crippen LogP contribution is -2.36. The zero-order valence-corrected chi connectivity index (χ0v) is 12.5. The third-order valence-electron chi connectivity index (χ3n) is 4.19. The molecule has 0 bridgehead atoms. The summed E-state index contributed by atoms with van der Waals surface area (Å²) in [6.07, 6.45) is 1.11. The first-order chi connectivity index (χ1) is 10.3. The van der Waals surface area contributed by atoms with Gasteiger partial charge in [-0.3, -0.25) is 4.90 Å². The fraction of sp³-hybridized carbons (Fsp3) is 0.333. The van der Waals surface area contributed by atoms with Crippen molar-refractivity contribution >= 4 is 0 Å². The van der Waals surface area contributed by atoms with Crippen molar-refractivity contribution < 1.29 is 4.74 Å². The highest BCUT2D eigenvalue weighted by Gasteiger charge is 2.18. The molecular formula is C18H22N2O. The van der Waals surface area contributed by atoms with E-state index in [1.54, 1.807) is 7.11 Å². The monoisotopic (exact) mass is 282 g/mol. The predicted molar refractivity (Wildman–Crippen MR) is 85.3 cm³/mol. The average Bonchev–Trinajstić information content (AvgIpc) is 2.54. The van der Waals surface area contributed by atoms with Gasteiger partial charge in [-0.1, -0.05) is 36.4 Å². The van der Waals surface area contributed by atoms with Crippen LogP contribution in [-0.4, -0.2) is 25.1 Å². The third-order valence-corrected chi connectivity index (χ3v) is 4.19. The highest BCUT2D eigenvalue weighted by Crippen LogP contribution is 2.22. The molecule has 0 radical (unpaired) electrons. The molecule has 1 unspecified atom stereocenters. The summed E-state index contributed by atoms with van der Waals surface area (Å²) < 4.78 is 5.27. The first kappa shape index (κ1) is 14.1. The largest absolute Gasteiger partial charge is 0.497 e. The first-order valence-electron chi connectivity index (χ1n) is 7.45. The third kappa shape index (κ3) is 3.26. The van der Waals surface area contributed by atoms with E-state index >= 15 is 0 Å². The Labute approximate surface area is 126 Å². The van der Waals surface area contributed by atoms with Crippen molar-refractivity contribution in [1.82, 2.24) is 4.90 Å². The molecule has 0 fully saturated rings. The fourth-order valence-electron chi connectivity index (χ4n) is 2.97. The molecular weight excluding hydrogens is 260 g/mol. The first-order valence-corrected chi connectivity index (χ1v) is 7.45. The molecule has 21 heavy (non-hydrogen) atoms. The Morgan fingerprint density at radius 1 is 1.14 bits per heavy atom. The van der Waals surface area contributed by atoms with E-state index in [9.17, 15) is 0 Å². The Kier molecular flexibility index (Phi) is 4.23. The molecule has 1 heterocycles. The number of nitrogens with two attached hydrogens (primary N) is 1. The summed E-state index contributed by atoms with van der Waals surface area (Å²) in [5, 5.41) is 0. The van der Waals surface area contributed by atoms with Crippen molar-refractivity contribution in [1.29, 1.82) is 0 Å². The number of benzene rings is 2. The molecule has 3 heteroatoms. The Hall–Kier alpha value is -1.84. The van der Waals surface area contributed by atoms with Gasteiger partial charge in [-0.15, -0.1) is 0 Å². The molecule has 0 aliphatic carbocycles. The molecule has 2 N–H and O–H groups in total. The van der Waals surface area contributed by atoms with Gasteiger partial charge < -0.3 is 10.5 Å². The summed E-state index contributed by atoms with van der Waals surface area (Å²) >= 11 is 0. The Balaban J connectivity index is 1.67. The molecule has 0 saturated carbocycles. The molecule has 0 saturated heterocycles. The van der Waals surface area contributed by atoms with Crippen LogP contribution in [-0.2, 0) is 13.0 Å². The quantitative estimate of drug-likeness (QED) is 0.937. The molecule has 2 aromatic carbocycles. The standard InChI is InChI=1S/C18H22N2O/c1-21-17-8-4-7-15(11-17)18(19)13-20-10-9-14-5-2-3-6-16(14)12-20/h2-8,11,18H,9-10,12-13,19H2,1H3. The van der Waals surface area contributed by atoms with Crippen LogP contribution in [0.4, 0.5) is 0 Å². The minimum Gasteiger partial charge on any atom is -0.497 e. The molecule has 1 aliphatic heterocycles. The topological polar surface area (TPSA) is 38.5 Å². The summed E-state index contributed by atoms with van der Waals surface area (Å²) in [6, 6.07) is 16.8. The second-order valence-corrected chi connectivity index (χ2v) is 5.64. The lowest BCUT2D eigenvalue weighted by atomic mass is 9.99. The molecule has 2 aromatic rings. The second-order valence-electron chi connectivity index (χ2n) is 5.64. The van der Waals surface area contributed by atoms with E-state index in [1.165, 1.54) is 11.1 Å². The fourth-order valence-corrected chi connectivity index (χ4v) is 2.97. The number of hydrogen-bond acceptors (Lipinski definition) is 3. The van der Waals surface area contributed by atoms with E-state index in [0.717, 1.165) is 37.4 Å². The summed E-state index contributed by atoms with van der Waals surface area (Å²) in [7, 11) is 1.69. The summed E-state index contributed by atoms with van der Waals surface area (Å²) in [5.74, 6) is 0.868. The summed E-state index contributed by atoms with van der Waals surface area (Å²) in [6.45, 7) is 2.95. The van der Waals surface area contributed by atoms with Crippen molar-refractivity contribution in [3.8, 4) is 5.75 Å². The van der Waals surface area contributed by atoms with Crippen molar-refractivity contribution in [2.45, 2.75) is 19.0 Å². The van der Waals surface area contributed by atoms with Crippen molar-refractivity contribution in [2.75, 3.05) is 20.2 Å². The maximum Gasteiger partial charge on any atom is 0.119 e. The van der Waals surface area contributed by atoms with Gasteiger partial charge in [0.15, 0.2) is 0 Å². The lowest BCUT2D eigenvalue weighted by molar-refractivity contribution is 0.239. The second kappa shape index (κ2) is 6.29. The Bertz CT molecular complexity index is 612. The SMILES string of the molecule is COc1cccc(C(N)CN2CCc3ccccc3C2)c1. The molecule has 1 aliphatic rings.